The highest BCUT2D eigenvalue weighted by molar-refractivity contribution is 7.89. The van der Waals surface area contributed by atoms with Gasteiger partial charge in [-0.25, -0.2) is 21.6 Å². The predicted octanol–water partition coefficient (Wildman–Crippen LogP) is 1.64. The number of benzene rings is 1. The summed E-state index contributed by atoms with van der Waals surface area (Å²) < 4.78 is 52.1. The fraction of sp³-hybridized carbons (Fsp3) is 0.600. The fourth-order valence-electron chi connectivity index (χ4n) is 2.39. The largest absolute Gasteiger partial charge is 0.240 e. The highest BCUT2D eigenvalue weighted by atomic mass is 32.2. The molecule has 0 spiro atoms. The third kappa shape index (κ3) is 5.56. The SMILES string of the molecule is CCC(C)N(CCNS(=O)(=O)c1ccc(C)cc1C)S(C)(=O)=O. The Hall–Kier alpha value is -0.960. The number of hydrogen-bond donors (Lipinski definition) is 1. The van der Waals surface area contributed by atoms with E-state index in [9.17, 15) is 16.8 Å². The highest BCUT2D eigenvalue weighted by Crippen LogP contribution is 2.16. The van der Waals surface area contributed by atoms with Crippen molar-refractivity contribution in [2.75, 3.05) is 19.3 Å². The fourth-order valence-corrected chi connectivity index (χ4v) is 4.86. The molecular weight excluding hydrogens is 336 g/mol. The average molecular weight is 363 g/mol. The van der Waals surface area contributed by atoms with Crippen LogP contribution in [0.2, 0.25) is 0 Å². The lowest BCUT2D eigenvalue weighted by Gasteiger charge is -2.26. The van der Waals surface area contributed by atoms with Gasteiger partial charge in [0.05, 0.1) is 11.2 Å². The second-order valence-corrected chi connectivity index (χ2v) is 9.47. The Balaban J connectivity index is 2.84. The van der Waals surface area contributed by atoms with E-state index < -0.39 is 20.0 Å². The van der Waals surface area contributed by atoms with Crippen LogP contribution in [-0.2, 0) is 20.0 Å². The van der Waals surface area contributed by atoms with Crippen molar-refractivity contribution in [1.82, 2.24) is 9.03 Å². The van der Waals surface area contributed by atoms with Crippen molar-refractivity contribution in [3.8, 4) is 0 Å². The summed E-state index contributed by atoms with van der Waals surface area (Å²) in [4.78, 5) is 0.220. The number of sulfonamides is 2. The van der Waals surface area contributed by atoms with E-state index >= 15 is 0 Å². The summed E-state index contributed by atoms with van der Waals surface area (Å²) >= 11 is 0. The maximum Gasteiger partial charge on any atom is 0.240 e. The van der Waals surface area contributed by atoms with E-state index in [-0.39, 0.29) is 24.0 Å². The molecule has 0 amide bonds. The molecule has 1 aromatic carbocycles. The Morgan fingerprint density at radius 2 is 1.78 bits per heavy atom. The molecule has 8 heteroatoms. The first kappa shape index (κ1) is 20.1. The maximum atomic E-state index is 12.4. The van der Waals surface area contributed by atoms with Crippen molar-refractivity contribution >= 4 is 20.0 Å². The Morgan fingerprint density at radius 1 is 1.17 bits per heavy atom. The molecule has 1 rings (SSSR count). The van der Waals surface area contributed by atoms with Gasteiger partial charge in [-0.2, -0.15) is 4.31 Å². The topological polar surface area (TPSA) is 83.6 Å². The van der Waals surface area contributed by atoms with Crippen molar-refractivity contribution in [2.45, 2.75) is 45.1 Å². The zero-order chi connectivity index (χ0) is 17.8. The van der Waals surface area contributed by atoms with Gasteiger partial charge in [-0.05, 0) is 38.8 Å². The Morgan fingerprint density at radius 3 is 2.26 bits per heavy atom. The first-order valence-corrected chi connectivity index (χ1v) is 10.9. The summed E-state index contributed by atoms with van der Waals surface area (Å²) in [7, 11) is -7.03. The number of aryl methyl sites for hydroxylation is 2. The number of hydrogen-bond acceptors (Lipinski definition) is 4. The molecule has 0 aliphatic carbocycles. The molecule has 0 bridgehead atoms. The predicted molar refractivity (Wildman–Crippen MR) is 92.4 cm³/mol. The normalized spacial score (nSPS) is 14.2. The summed E-state index contributed by atoms with van der Waals surface area (Å²) in [5.41, 5.74) is 1.65. The van der Waals surface area contributed by atoms with Gasteiger partial charge in [0, 0.05) is 19.1 Å². The minimum absolute atomic E-state index is 0.0348. The lowest BCUT2D eigenvalue weighted by atomic mass is 10.2. The van der Waals surface area contributed by atoms with Crippen molar-refractivity contribution in [3.63, 3.8) is 0 Å². The lowest BCUT2D eigenvalue weighted by molar-refractivity contribution is 0.335. The molecule has 23 heavy (non-hydrogen) atoms. The molecular formula is C15H26N2O4S2. The number of nitrogens with one attached hydrogen (secondary N) is 1. The van der Waals surface area contributed by atoms with Crippen LogP contribution >= 0.6 is 0 Å². The average Bonchev–Trinajstić information content (AvgIpc) is 2.41. The van der Waals surface area contributed by atoms with Gasteiger partial charge >= 0.3 is 0 Å². The van der Waals surface area contributed by atoms with Crippen molar-refractivity contribution in [3.05, 3.63) is 29.3 Å². The summed E-state index contributed by atoms with van der Waals surface area (Å²) in [5, 5.41) is 0. The van der Waals surface area contributed by atoms with E-state index in [1.165, 1.54) is 4.31 Å². The van der Waals surface area contributed by atoms with Crippen molar-refractivity contribution in [1.29, 1.82) is 0 Å². The van der Waals surface area contributed by atoms with Gasteiger partial charge in [-0.15, -0.1) is 0 Å². The molecule has 0 fully saturated rings. The van der Waals surface area contributed by atoms with Crippen molar-refractivity contribution in [2.24, 2.45) is 0 Å². The van der Waals surface area contributed by atoms with E-state index in [2.05, 4.69) is 4.72 Å². The molecule has 0 aliphatic rings. The van der Waals surface area contributed by atoms with E-state index in [0.717, 1.165) is 11.8 Å². The van der Waals surface area contributed by atoms with Gasteiger partial charge in [-0.1, -0.05) is 24.6 Å². The van der Waals surface area contributed by atoms with Gasteiger partial charge < -0.3 is 0 Å². The number of rotatable bonds is 8. The Bertz CT molecular complexity index is 743. The molecule has 0 aliphatic heterocycles. The molecule has 0 aromatic heterocycles. The lowest BCUT2D eigenvalue weighted by Crippen LogP contribution is -2.42. The van der Waals surface area contributed by atoms with E-state index in [4.69, 9.17) is 0 Å². The second-order valence-electron chi connectivity index (χ2n) is 5.80. The van der Waals surface area contributed by atoms with Crippen molar-refractivity contribution < 1.29 is 16.8 Å². The molecule has 0 saturated carbocycles. The summed E-state index contributed by atoms with van der Waals surface area (Å²) in [6.07, 6.45) is 1.80. The van der Waals surface area contributed by atoms with Crippen LogP contribution in [0, 0.1) is 13.8 Å². The molecule has 0 saturated heterocycles. The quantitative estimate of drug-likeness (QED) is 0.762. The van der Waals surface area contributed by atoms with Crippen LogP contribution in [0.3, 0.4) is 0 Å². The van der Waals surface area contributed by atoms with Crippen LogP contribution in [0.15, 0.2) is 23.1 Å². The summed E-state index contributed by atoms with van der Waals surface area (Å²) in [6, 6.07) is 4.94. The van der Waals surface area contributed by atoms with E-state index in [1.54, 1.807) is 32.0 Å². The van der Waals surface area contributed by atoms with Crippen LogP contribution in [0.25, 0.3) is 0 Å². The highest BCUT2D eigenvalue weighted by Gasteiger charge is 2.23. The molecule has 1 N–H and O–H groups in total. The van der Waals surface area contributed by atoms with Crippen LogP contribution in [0.1, 0.15) is 31.4 Å². The Labute approximate surface area is 140 Å². The molecule has 6 nitrogen and oxygen atoms in total. The third-order valence-electron chi connectivity index (χ3n) is 3.75. The smallest absolute Gasteiger partial charge is 0.212 e. The monoisotopic (exact) mass is 362 g/mol. The van der Waals surface area contributed by atoms with Crippen LogP contribution < -0.4 is 4.72 Å². The molecule has 0 radical (unpaired) electrons. The zero-order valence-electron chi connectivity index (χ0n) is 14.3. The van der Waals surface area contributed by atoms with Gasteiger partial charge in [0.25, 0.3) is 0 Å². The minimum atomic E-state index is -3.65. The van der Waals surface area contributed by atoms with Gasteiger partial charge in [0.1, 0.15) is 0 Å². The maximum absolute atomic E-state index is 12.4. The van der Waals surface area contributed by atoms with Crippen LogP contribution in [-0.4, -0.2) is 46.5 Å². The second kappa shape index (κ2) is 7.74. The van der Waals surface area contributed by atoms with E-state index in [0.29, 0.717) is 12.0 Å². The first-order chi connectivity index (χ1) is 10.5. The minimum Gasteiger partial charge on any atom is -0.212 e. The van der Waals surface area contributed by atoms with Crippen LogP contribution in [0.4, 0.5) is 0 Å². The standard InChI is InChI=1S/C15H26N2O4S2/c1-6-14(4)17(22(5,18)19)10-9-16-23(20,21)15-8-7-12(2)11-13(15)3/h7-8,11,14,16H,6,9-10H2,1-5H3. The number of nitrogens with zero attached hydrogens (tertiary/aromatic N) is 1. The molecule has 1 unspecified atom stereocenters. The molecule has 0 heterocycles. The molecule has 132 valence electrons. The van der Waals surface area contributed by atoms with Gasteiger partial charge in [-0.3, -0.25) is 0 Å². The zero-order valence-corrected chi connectivity index (χ0v) is 16.0. The molecule has 1 aromatic rings. The summed E-state index contributed by atoms with van der Waals surface area (Å²) in [5.74, 6) is 0. The van der Waals surface area contributed by atoms with E-state index in [1.807, 2.05) is 13.8 Å². The van der Waals surface area contributed by atoms with Gasteiger partial charge in [0.15, 0.2) is 0 Å². The summed E-state index contributed by atoms with van der Waals surface area (Å²) in [6.45, 7) is 7.48. The van der Waals surface area contributed by atoms with Crippen LogP contribution in [0.5, 0.6) is 0 Å². The first-order valence-electron chi connectivity index (χ1n) is 7.52. The third-order valence-corrected chi connectivity index (χ3v) is 6.77. The molecule has 1 atom stereocenters. The van der Waals surface area contributed by atoms with Gasteiger partial charge in [0.2, 0.25) is 20.0 Å². The Kier molecular flexibility index (Phi) is 6.76.